The van der Waals surface area contributed by atoms with Crippen LogP contribution in [0.15, 0.2) is 54.6 Å². The van der Waals surface area contributed by atoms with E-state index in [9.17, 15) is 0 Å². The fourth-order valence-corrected chi connectivity index (χ4v) is 2.20. The van der Waals surface area contributed by atoms with Gasteiger partial charge in [-0.25, -0.2) is 4.98 Å². The maximum atomic E-state index is 5.82. The van der Waals surface area contributed by atoms with Crippen LogP contribution in [0.5, 0.6) is 0 Å². The number of benzene rings is 2. The molecule has 0 aliphatic rings. The van der Waals surface area contributed by atoms with Crippen LogP contribution in [0.4, 0.5) is 5.69 Å². The Morgan fingerprint density at radius 3 is 2.53 bits per heavy atom. The van der Waals surface area contributed by atoms with Crippen molar-refractivity contribution in [2.24, 2.45) is 0 Å². The average molecular weight is 271 g/mol. The highest BCUT2D eigenvalue weighted by molar-refractivity contribution is 5.85. The van der Waals surface area contributed by atoms with Gasteiger partial charge in [0.2, 0.25) is 0 Å². The predicted molar refractivity (Wildman–Crippen MR) is 83.6 cm³/mol. The molecule has 96 valence electrons. The molecule has 1 heterocycles. The maximum absolute atomic E-state index is 5.82. The Labute approximate surface area is 118 Å². The molecular weight excluding hydrogens is 256 g/mol. The van der Waals surface area contributed by atoms with E-state index in [0.717, 1.165) is 22.5 Å². The van der Waals surface area contributed by atoms with Crippen LogP contribution in [-0.2, 0) is 0 Å². The van der Waals surface area contributed by atoms with E-state index in [4.69, 9.17) is 10.7 Å². The number of rotatable bonds is 1. The SMILES string of the molecule is Cc1cc(-c2cccc(N)c2)nc2ccccc12.Cl. The molecule has 2 N–H and O–H groups in total. The number of hydrogen-bond acceptors (Lipinski definition) is 2. The minimum absolute atomic E-state index is 0. The molecule has 0 saturated carbocycles. The first-order chi connectivity index (χ1) is 8.74. The first-order valence-corrected chi connectivity index (χ1v) is 5.96. The lowest BCUT2D eigenvalue weighted by Crippen LogP contribution is -1.90. The number of nitrogens with two attached hydrogens (primary N) is 1. The van der Waals surface area contributed by atoms with Gasteiger partial charge in [0.15, 0.2) is 0 Å². The minimum atomic E-state index is 0. The normalized spacial score (nSPS) is 10.2. The quantitative estimate of drug-likeness (QED) is 0.673. The van der Waals surface area contributed by atoms with Gasteiger partial charge in [0.25, 0.3) is 0 Å². The Balaban J connectivity index is 0.00000133. The first-order valence-electron chi connectivity index (χ1n) is 5.96. The molecule has 0 atom stereocenters. The highest BCUT2D eigenvalue weighted by atomic mass is 35.5. The second-order valence-electron chi connectivity index (χ2n) is 4.47. The lowest BCUT2D eigenvalue weighted by Gasteiger charge is -2.07. The molecule has 0 aliphatic carbocycles. The smallest absolute Gasteiger partial charge is 0.0713 e. The van der Waals surface area contributed by atoms with Gasteiger partial charge in [0.05, 0.1) is 11.2 Å². The van der Waals surface area contributed by atoms with Crippen LogP contribution in [0.3, 0.4) is 0 Å². The lowest BCUT2D eigenvalue weighted by molar-refractivity contribution is 1.36. The van der Waals surface area contributed by atoms with E-state index in [2.05, 4.69) is 19.1 Å². The van der Waals surface area contributed by atoms with E-state index in [0.29, 0.717) is 0 Å². The molecule has 0 bridgehead atoms. The third-order valence-corrected chi connectivity index (χ3v) is 3.11. The molecule has 0 radical (unpaired) electrons. The molecule has 3 rings (SSSR count). The Morgan fingerprint density at radius 1 is 0.947 bits per heavy atom. The van der Waals surface area contributed by atoms with E-state index < -0.39 is 0 Å². The van der Waals surface area contributed by atoms with Crippen molar-refractivity contribution in [3.8, 4) is 11.3 Å². The number of fused-ring (bicyclic) bond motifs is 1. The summed E-state index contributed by atoms with van der Waals surface area (Å²) in [6.45, 7) is 2.11. The monoisotopic (exact) mass is 270 g/mol. The standard InChI is InChI=1S/C16H14N2.ClH/c1-11-9-16(12-5-4-6-13(17)10-12)18-15-8-3-2-7-14(11)15;/h2-10H,17H2,1H3;1H. The largest absolute Gasteiger partial charge is 0.399 e. The summed E-state index contributed by atoms with van der Waals surface area (Å²) in [6.07, 6.45) is 0. The summed E-state index contributed by atoms with van der Waals surface area (Å²) in [5, 5.41) is 1.20. The topological polar surface area (TPSA) is 38.9 Å². The second kappa shape index (κ2) is 5.29. The van der Waals surface area contributed by atoms with Crippen molar-refractivity contribution < 1.29 is 0 Å². The van der Waals surface area contributed by atoms with Crippen molar-refractivity contribution in [1.29, 1.82) is 0 Å². The van der Waals surface area contributed by atoms with Crippen molar-refractivity contribution in [1.82, 2.24) is 4.98 Å². The number of aryl methyl sites for hydroxylation is 1. The Bertz CT molecular complexity index is 723. The molecule has 0 amide bonds. The molecule has 2 aromatic carbocycles. The Hall–Kier alpha value is -2.06. The average Bonchev–Trinajstić information content (AvgIpc) is 2.39. The third-order valence-electron chi connectivity index (χ3n) is 3.11. The number of anilines is 1. The number of para-hydroxylation sites is 1. The predicted octanol–water partition coefficient (Wildman–Crippen LogP) is 4.21. The van der Waals surface area contributed by atoms with Crippen LogP contribution in [-0.4, -0.2) is 4.98 Å². The van der Waals surface area contributed by atoms with Crippen molar-refractivity contribution in [2.45, 2.75) is 6.92 Å². The van der Waals surface area contributed by atoms with E-state index in [1.807, 2.05) is 42.5 Å². The summed E-state index contributed by atoms with van der Waals surface area (Å²) < 4.78 is 0. The van der Waals surface area contributed by atoms with Crippen LogP contribution in [0.2, 0.25) is 0 Å². The minimum Gasteiger partial charge on any atom is -0.399 e. The van der Waals surface area contributed by atoms with Crippen molar-refractivity contribution in [3.05, 3.63) is 60.2 Å². The summed E-state index contributed by atoms with van der Waals surface area (Å²) in [5.41, 5.74) is 10.9. The van der Waals surface area contributed by atoms with Gasteiger partial charge in [0.1, 0.15) is 0 Å². The highest BCUT2D eigenvalue weighted by Gasteiger charge is 2.04. The Kier molecular flexibility index (Phi) is 3.72. The van der Waals surface area contributed by atoms with Crippen LogP contribution in [0.25, 0.3) is 22.2 Å². The zero-order chi connectivity index (χ0) is 12.5. The molecule has 0 unspecified atom stereocenters. The van der Waals surface area contributed by atoms with Crippen LogP contribution >= 0.6 is 12.4 Å². The number of pyridine rings is 1. The summed E-state index contributed by atoms with van der Waals surface area (Å²) >= 11 is 0. The zero-order valence-electron chi connectivity index (χ0n) is 10.6. The number of aromatic nitrogens is 1. The summed E-state index contributed by atoms with van der Waals surface area (Å²) in [6, 6.07) is 18.1. The van der Waals surface area contributed by atoms with E-state index >= 15 is 0 Å². The van der Waals surface area contributed by atoms with Crippen molar-refractivity contribution in [2.75, 3.05) is 5.73 Å². The van der Waals surface area contributed by atoms with Crippen LogP contribution < -0.4 is 5.73 Å². The molecule has 0 saturated heterocycles. The van der Waals surface area contributed by atoms with Gasteiger partial charge < -0.3 is 5.73 Å². The van der Waals surface area contributed by atoms with Crippen molar-refractivity contribution in [3.63, 3.8) is 0 Å². The van der Waals surface area contributed by atoms with Gasteiger partial charge in [-0.3, -0.25) is 0 Å². The summed E-state index contributed by atoms with van der Waals surface area (Å²) in [7, 11) is 0. The molecule has 3 aromatic rings. The van der Waals surface area contributed by atoms with Crippen LogP contribution in [0, 0.1) is 6.92 Å². The van der Waals surface area contributed by atoms with Gasteiger partial charge in [-0.15, -0.1) is 12.4 Å². The van der Waals surface area contributed by atoms with Crippen molar-refractivity contribution >= 4 is 29.0 Å². The fraction of sp³-hybridized carbons (Fsp3) is 0.0625. The summed E-state index contributed by atoms with van der Waals surface area (Å²) in [4.78, 5) is 4.69. The number of halogens is 1. The molecule has 19 heavy (non-hydrogen) atoms. The molecule has 3 heteroatoms. The maximum Gasteiger partial charge on any atom is 0.0713 e. The summed E-state index contributed by atoms with van der Waals surface area (Å²) in [5.74, 6) is 0. The highest BCUT2D eigenvalue weighted by Crippen LogP contribution is 2.25. The van der Waals surface area contributed by atoms with Gasteiger partial charge >= 0.3 is 0 Å². The second-order valence-corrected chi connectivity index (χ2v) is 4.47. The lowest BCUT2D eigenvalue weighted by atomic mass is 10.0. The fourth-order valence-electron chi connectivity index (χ4n) is 2.20. The van der Waals surface area contributed by atoms with Gasteiger partial charge in [-0.2, -0.15) is 0 Å². The zero-order valence-corrected chi connectivity index (χ0v) is 11.4. The van der Waals surface area contributed by atoms with E-state index in [-0.39, 0.29) is 12.4 Å². The third kappa shape index (κ3) is 2.54. The van der Waals surface area contributed by atoms with E-state index in [1.165, 1.54) is 10.9 Å². The first kappa shape index (κ1) is 13.4. The van der Waals surface area contributed by atoms with Crippen LogP contribution in [0.1, 0.15) is 5.56 Å². The number of nitrogens with zero attached hydrogens (tertiary/aromatic N) is 1. The Morgan fingerprint density at radius 2 is 1.74 bits per heavy atom. The van der Waals surface area contributed by atoms with E-state index in [1.54, 1.807) is 0 Å². The van der Waals surface area contributed by atoms with Gasteiger partial charge in [0, 0.05) is 16.6 Å². The number of nitrogen functional groups attached to an aromatic ring is 1. The molecule has 2 nitrogen and oxygen atoms in total. The molecule has 0 fully saturated rings. The van der Waals surface area contributed by atoms with Gasteiger partial charge in [-0.1, -0.05) is 30.3 Å². The molecule has 0 aliphatic heterocycles. The molecular formula is C16H15ClN2. The number of hydrogen-bond donors (Lipinski definition) is 1. The molecule has 1 aromatic heterocycles. The van der Waals surface area contributed by atoms with Gasteiger partial charge in [-0.05, 0) is 36.8 Å². The molecule has 0 spiro atoms.